The van der Waals surface area contributed by atoms with Crippen LogP contribution in [0.4, 0.5) is 0 Å². The van der Waals surface area contributed by atoms with Crippen LogP contribution in [-0.2, 0) is 11.2 Å². The van der Waals surface area contributed by atoms with Crippen LogP contribution in [0.2, 0.25) is 5.02 Å². The minimum atomic E-state index is 0.0837. The molecule has 1 aliphatic rings. The topological polar surface area (TPSA) is 32.3 Å². The third-order valence-corrected chi connectivity index (χ3v) is 4.63. The van der Waals surface area contributed by atoms with Gasteiger partial charge in [0.15, 0.2) is 0 Å². The Hall–Kier alpha value is -1.06. The van der Waals surface area contributed by atoms with Crippen molar-refractivity contribution in [2.75, 3.05) is 20.6 Å². The lowest BCUT2D eigenvalue weighted by Gasteiger charge is -2.36. The van der Waals surface area contributed by atoms with E-state index < -0.39 is 0 Å². The minimum Gasteiger partial charge on any atom is -0.354 e. The molecule has 1 aliphatic carbocycles. The number of benzene rings is 1. The van der Waals surface area contributed by atoms with Gasteiger partial charge in [-0.1, -0.05) is 36.6 Å². The van der Waals surface area contributed by atoms with Crippen LogP contribution in [0.3, 0.4) is 0 Å². The summed E-state index contributed by atoms with van der Waals surface area (Å²) in [6.45, 7) is 0.742. The first-order chi connectivity index (χ1) is 9.52. The molecule has 0 atom stereocenters. The highest BCUT2D eigenvalue weighted by atomic mass is 35.5. The Bertz CT molecular complexity index is 450. The first-order valence-corrected chi connectivity index (χ1v) is 7.58. The molecule has 0 unspecified atom stereocenters. The summed E-state index contributed by atoms with van der Waals surface area (Å²) in [6, 6.07) is 7.45. The molecule has 1 fully saturated rings. The maximum absolute atomic E-state index is 12.1. The summed E-state index contributed by atoms with van der Waals surface area (Å²) < 4.78 is 0. The predicted molar refractivity (Wildman–Crippen MR) is 83.1 cm³/mol. The standard InChI is InChI=1S/C16H23ClN2O/c1-19(2)16(9-3-4-10-16)12-18-15(20)11-13-5-7-14(17)8-6-13/h5-8H,3-4,9-12H2,1-2H3,(H,18,20). The summed E-state index contributed by atoms with van der Waals surface area (Å²) in [4.78, 5) is 14.3. The van der Waals surface area contributed by atoms with Crippen molar-refractivity contribution in [2.45, 2.75) is 37.6 Å². The number of rotatable bonds is 5. The van der Waals surface area contributed by atoms with Crippen LogP contribution >= 0.6 is 11.6 Å². The second-order valence-electron chi connectivity index (χ2n) is 5.91. The zero-order valence-corrected chi connectivity index (χ0v) is 13.0. The number of hydrogen-bond donors (Lipinski definition) is 1. The van der Waals surface area contributed by atoms with Gasteiger partial charge in [-0.15, -0.1) is 0 Å². The number of amides is 1. The van der Waals surface area contributed by atoms with E-state index >= 15 is 0 Å². The van der Waals surface area contributed by atoms with Crippen molar-refractivity contribution in [3.05, 3.63) is 34.9 Å². The van der Waals surface area contributed by atoms with Gasteiger partial charge in [0.25, 0.3) is 0 Å². The molecule has 0 radical (unpaired) electrons. The highest BCUT2D eigenvalue weighted by Gasteiger charge is 2.35. The lowest BCUT2D eigenvalue weighted by atomic mass is 9.96. The van der Waals surface area contributed by atoms with Crippen LogP contribution in [0.15, 0.2) is 24.3 Å². The molecule has 0 spiro atoms. The number of halogens is 1. The molecule has 1 amide bonds. The number of carbonyl (C=O) groups excluding carboxylic acids is 1. The van der Waals surface area contributed by atoms with Crippen LogP contribution in [0.25, 0.3) is 0 Å². The molecule has 4 heteroatoms. The van der Waals surface area contributed by atoms with Crippen LogP contribution in [0.1, 0.15) is 31.2 Å². The monoisotopic (exact) mass is 294 g/mol. The van der Waals surface area contributed by atoms with Crippen molar-refractivity contribution in [1.82, 2.24) is 10.2 Å². The Kier molecular flexibility index (Phi) is 5.06. The second kappa shape index (κ2) is 6.59. The summed E-state index contributed by atoms with van der Waals surface area (Å²) in [5, 5.41) is 3.80. The lowest BCUT2D eigenvalue weighted by molar-refractivity contribution is -0.121. The molecule has 20 heavy (non-hydrogen) atoms. The van der Waals surface area contributed by atoms with Crippen LogP contribution < -0.4 is 5.32 Å². The second-order valence-corrected chi connectivity index (χ2v) is 6.34. The Labute approximate surface area is 126 Å². The number of nitrogens with zero attached hydrogens (tertiary/aromatic N) is 1. The molecule has 0 aliphatic heterocycles. The van der Waals surface area contributed by atoms with Gasteiger partial charge >= 0.3 is 0 Å². The molecule has 0 aromatic heterocycles. The first kappa shape index (κ1) is 15.3. The van der Waals surface area contributed by atoms with E-state index in [-0.39, 0.29) is 11.4 Å². The first-order valence-electron chi connectivity index (χ1n) is 7.20. The molecule has 1 aromatic carbocycles. The van der Waals surface area contributed by atoms with Crippen LogP contribution in [0, 0.1) is 0 Å². The molecule has 0 heterocycles. The molecular formula is C16H23ClN2O. The van der Waals surface area contributed by atoms with E-state index in [4.69, 9.17) is 11.6 Å². The van der Waals surface area contributed by atoms with Crippen molar-refractivity contribution in [3.63, 3.8) is 0 Å². The predicted octanol–water partition coefficient (Wildman–Crippen LogP) is 2.87. The SMILES string of the molecule is CN(C)C1(CNC(=O)Cc2ccc(Cl)cc2)CCCC1. The molecule has 110 valence electrons. The number of hydrogen-bond acceptors (Lipinski definition) is 2. The highest BCUT2D eigenvalue weighted by molar-refractivity contribution is 6.30. The van der Waals surface area contributed by atoms with E-state index in [1.165, 1.54) is 25.7 Å². The van der Waals surface area contributed by atoms with Gasteiger partial charge in [0.05, 0.1) is 6.42 Å². The Morgan fingerprint density at radius 3 is 2.40 bits per heavy atom. The Balaban J connectivity index is 1.87. The fourth-order valence-electron chi connectivity index (χ4n) is 2.93. The summed E-state index contributed by atoms with van der Waals surface area (Å²) in [5.41, 5.74) is 1.15. The van der Waals surface area contributed by atoms with Gasteiger partial charge in [-0.05, 0) is 44.6 Å². The molecule has 0 saturated heterocycles. The van der Waals surface area contributed by atoms with Crippen molar-refractivity contribution in [3.8, 4) is 0 Å². The van der Waals surface area contributed by atoms with Gasteiger partial charge in [0, 0.05) is 17.1 Å². The number of carbonyl (C=O) groups is 1. The van der Waals surface area contributed by atoms with Gasteiger partial charge in [-0.25, -0.2) is 0 Å². The van der Waals surface area contributed by atoms with E-state index in [2.05, 4.69) is 24.3 Å². The molecule has 1 N–H and O–H groups in total. The zero-order valence-electron chi connectivity index (χ0n) is 12.3. The summed E-state index contributed by atoms with van der Waals surface area (Å²) in [6.07, 6.45) is 5.26. The van der Waals surface area contributed by atoms with Crippen molar-refractivity contribution < 1.29 is 4.79 Å². The van der Waals surface area contributed by atoms with Gasteiger partial charge in [0.2, 0.25) is 5.91 Å². The molecule has 1 aromatic rings. The highest BCUT2D eigenvalue weighted by Crippen LogP contribution is 2.33. The fraction of sp³-hybridized carbons (Fsp3) is 0.562. The summed E-state index contributed by atoms with van der Waals surface area (Å²) in [5.74, 6) is 0.0837. The van der Waals surface area contributed by atoms with Gasteiger partial charge in [0.1, 0.15) is 0 Å². The molecule has 2 rings (SSSR count). The quantitative estimate of drug-likeness (QED) is 0.906. The van der Waals surface area contributed by atoms with E-state index in [0.717, 1.165) is 12.1 Å². The average Bonchev–Trinajstić information content (AvgIpc) is 2.89. The van der Waals surface area contributed by atoms with Gasteiger partial charge in [-0.2, -0.15) is 0 Å². The molecule has 0 bridgehead atoms. The normalized spacial score (nSPS) is 17.4. The van der Waals surface area contributed by atoms with Gasteiger partial charge < -0.3 is 10.2 Å². The minimum absolute atomic E-state index is 0.0837. The summed E-state index contributed by atoms with van der Waals surface area (Å²) >= 11 is 5.84. The third kappa shape index (κ3) is 3.74. The van der Waals surface area contributed by atoms with Crippen LogP contribution in [0.5, 0.6) is 0 Å². The number of nitrogens with one attached hydrogen (secondary N) is 1. The van der Waals surface area contributed by atoms with E-state index in [9.17, 15) is 4.79 Å². The third-order valence-electron chi connectivity index (χ3n) is 4.38. The average molecular weight is 295 g/mol. The van der Waals surface area contributed by atoms with Crippen molar-refractivity contribution in [2.24, 2.45) is 0 Å². The Morgan fingerprint density at radius 1 is 1.25 bits per heavy atom. The molecule has 3 nitrogen and oxygen atoms in total. The smallest absolute Gasteiger partial charge is 0.224 e. The van der Waals surface area contributed by atoms with Crippen LogP contribution in [-0.4, -0.2) is 37.0 Å². The summed E-state index contributed by atoms with van der Waals surface area (Å²) in [7, 11) is 4.22. The van der Waals surface area contributed by atoms with Crippen molar-refractivity contribution in [1.29, 1.82) is 0 Å². The van der Waals surface area contributed by atoms with E-state index in [1.807, 2.05) is 24.3 Å². The lowest BCUT2D eigenvalue weighted by Crippen LogP contribution is -2.51. The maximum Gasteiger partial charge on any atom is 0.224 e. The largest absolute Gasteiger partial charge is 0.354 e. The maximum atomic E-state index is 12.1. The van der Waals surface area contributed by atoms with E-state index in [1.54, 1.807) is 0 Å². The van der Waals surface area contributed by atoms with Crippen molar-refractivity contribution >= 4 is 17.5 Å². The van der Waals surface area contributed by atoms with E-state index in [0.29, 0.717) is 11.4 Å². The van der Waals surface area contributed by atoms with Gasteiger partial charge in [-0.3, -0.25) is 4.79 Å². The molecule has 1 saturated carbocycles. The Morgan fingerprint density at radius 2 is 1.85 bits per heavy atom. The fourth-order valence-corrected chi connectivity index (χ4v) is 3.05. The zero-order chi connectivity index (χ0) is 14.6. The molecular weight excluding hydrogens is 272 g/mol. The number of likely N-dealkylation sites (N-methyl/N-ethyl adjacent to an activating group) is 1.